The summed E-state index contributed by atoms with van der Waals surface area (Å²) in [5.41, 5.74) is 4.28. The maximum absolute atomic E-state index is 12.5. The number of esters is 1. The molecule has 0 N–H and O–H groups in total. The van der Waals surface area contributed by atoms with E-state index in [1.807, 2.05) is 97.1 Å². The largest absolute Gasteiger partial charge is 0.497 e. The highest BCUT2D eigenvalue weighted by Crippen LogP contribution is 2.30. The second-order valence-electron chi connectivity index (χ2n) is 7.80. The van der Waals surface area contributed by atoms with Crippen LogP contribution in [0.25, 0.3) is 34.4 Å². The fraction of sp³-hybridized carbons (Fsp3) is 0.0333. The molecule has 1 aromatic heterocycles. The Kier molecular flexibility index (Phi) is 5.95. The van der Waals surface area contributed by atoms with Crippen molar-refractivity contribution in [2.24, 2.45) is 0 Å². The molecule has 0 spiro atoms. The molecule has 5 rings (SSSR count). The number of fused-ring (bicyclic) bond motifs is 1. The first kappa shape index (κ1) is 21.3. The zero-order chi connectivity index (χ0) is 23.3. The van der Waals surface area contributed by atoms with Gasteiger partial charge in [-0.3, -0.25) is 0 Å². The number of hydrogen-bond donors (Lipinski definition) is 0. The average molecular weight is 447 g/mol. The minimum atomic E-state index is -0.380. The Labute approximate surface area is 197 Å². The number of furan rings is 1. The Morgan fingerprint density at radius 1 is 0.735 bits per heavy atom. The molecule has 0 fully saturated rings. The molecule has 4 heteroatoms. The van der Waals surface area contributed by atoms with Gasteiger partial charge in [-0.15, -0.1) is 0 Å². The van der Waals surface area contributed by atoms with Crippen LogP contribution in [-0.4, -0.2) is 13.1 Å². The molecule has 0 unspecified atom stereocenters. The molecule has 4 nitrogen and oxygen atoms in total. The third-order valence-electron chi connectivity index (χ3n) is 5.46. The predicted octanol–water partition coefficient (Wildman–Crippen LogP) is 7.50. The summed E-state index contributed by atoms with van der Waals surface area (Å²) in [5, 5.41) is 1.00. The van der Waals surface area contributed by atoms with Crippen LogP contribution in [0.2, 0.25) is 0 Å². The maximum atomic E-state index is 12.5. The monoisotopic (exact) mass is 446 g/mol. The molecule has 0 atom stereocenters. The molecular formula is C30H22O4. The van der Waals surface area contributed by atoms with Gasteiger partial charge in [0.1, 0.15) is 22.8 Å². The van der Waals surface area contributed by atoms with E-state index in [0.29, 0.717) is 11.3 Å². The second kappa shape index (κ2) is 9.51. The van der Waals surface area contributed by atoms with Gasteiger partial charge in [-0.1, -0.05) is 66.7 Å². The molecular weight excluding hydrogens is 424 g/mol. The molecule has 0 saturated heterocycles. The summed E-state index contributed by atoms with van der Waals surface area (Å²) >= 11 is 0. The van der Waals surface area contributed by atoms with Crippen molar-refractivity contribution in [1.82, 2.24) is 0 Å². The van der Waals surface area contributed by atoms with Gasteiger partial charge in [0.2, 0.25) is 0 Å². The smallest absolute Gasteiger partial charge is 0.343 e. The Morgan fingerprint density at radius 2 is 1.53 bits per heavy atom. The fourth-order valence-corrected chi connectivity index (χ4v) is 3.67. The summed E-state index contributed by atoms with van der Waals surface area (Å²) in [6.07, 6.45) is 3.98. The van der Waals surface area contributed by atoms with Crippen molar-refractivity contribution in [2.45, 2.75) is 0 Å². The number of carbonyl (C=O) groups excluding carboxylic acids is 1. The summed E-state index contributed by atoms with van der Waals surface area (Å²) < 4.78 is 16.7. The number of benzene rings is 4. The van der Waals surface area contributed by atoms with Crippen LogP contribution in [0.5, 0.6) is 11.5 Å². The van der Waals surface area contributed by atoms with Crippen molar-refractivity contribution in [3.05, 3.63) is 120 Å². The Balaban J connectivity index is 1.29. The number of rotatable bonds is 6. The van der Waals surface area contributed by atoms with Crippen molar-refractivity contribution in [3.8, 4) is 22.8 Å². The molecule has 1 heterocycles. The van der Waals surface area contributed by atoms with E-state index in [1.165, 1.54) is 0 Å². The summed E-state index contributed by atoms with van der Waals surface area (Å²) in [5.74, 6) is 1.76. The molecule has 166 valence electrons. The van der Waals surface area contributed by atoms with Gasteiger partial charge >= 0.3 is 5.97 Å². The average Bonchev–Trinajstić information content (AvgIpc) is 3.32. The van der Waals surface area contributed by atoms with Crippen molar-refractivity contribution >= 4 is 29.1 Å². The third-order valence-corrected chi connectivity index (χ3v) is 5.46. The number of methoxy groups -OCH3 is 1. The van der Waals surface area contributed by atoms with Crippen LogP contribution in [0.3, 0.4) is 0 Å². The molecule has 5 aromatic rings. The predicted molar refractivity (Wildman–Crippen MR) is 135 cm³/mol. The Morgan fingerprint density at radius 3 is 2.32 bits per heavy atom. The van der Waals surface area contributed by atoms with Gasteiger partial charge in [0, 0.05) is 10.9 Å². The molecule has 0 aliphatic heterocycles. The molecule has 0 radical (unpaired) electrons. The molecule has 0 saturated carbocycles. The van der Waals surface area contributed by atoms with Gasteiger partial charge < -0.3 is 13.9 Å². The number of hydrogen-bond acceptors (Lipinski definition) is 4. The molecule has 0 bridgehead atoms. The number of ether oxygens (including phenoxy) is 2. The van der Waals surface area contributed by atoms with Crippen LogP contribution in [0.4, 0.5) is 0 Å². The van der Waals surface area contributed by atoms with E-state index in [-0.39, 0.29) is 5.97 Å². The van der Waals surface area contributed by atoms with E-state index >= 15 is 0 Å². The third kappa shape index (κ3) is 4.76. The zero-order valence-electron chi connectivity index (χ0n) is 18.6. The second-order valence-corrected chi connectivity index (χ2v) is 7.80. The highest BCUT2D eigenvalue weighted by molar-refractivity contribution is 5.92. The quantitative estimate of drug-likeness (QED) is 0.154. The van der Waals surface area contributed by atoms with Crippen LogP contribution in [0.15, 0.2) is 108 Å². The summed E-state index contributed by atoms with van der Waals surface area (Å²) in [6.45, 7) is 0. The van der Waals surface area contributed by atoms with Gasteiger partial charge in [0.15, 0.2) is 0 Å². The fourth-order valence-electron chi connectivity index (χ4n) is 3.67. The molecule has 0 aliphatic rings. The lowest BCUT2D eigenvalue weighted by Gasteiger charge is -2.04. The van der Waals surface area contributed by atoms with Gasteiger partial charge in [-0.25, -0.2) is 4.79 Å². The van der Waals surface area contributed by atoms with Gasteiger partial charge in [-0.05, 0) is 59.7 Å². The minimum absolute atomic E-state index is 0.380. The van der Waals surface area contributed by atoms with Crippen molar-refractivity contribution in [2.75, 3.05) is 7.11 Å². The lowest BCUT2D eigenvalue weighted by atomic mass is 10.1. The van der Waals surface area contributed by atoms with E-state index in [0.717, 1.165) is 39.2 Å². The number of carbonyl (C=O) groups is 1. The van der Waals surface area contributed by atoms with E-state index in [2.05, 4.69) is 0 Å². The van der Waals surface area contributed by atoms with Crippen LogP contribution < -0.4 is 9.47 Å². The number of para-hydroxylation sites is 1. The molecule has 0 aliphatic carbocycles. The molecule has 0 amide bonds. The van der Waals surface area contributed by atoms with Crippen LogP contribution in [0, 0.1) is 0 Å². The molecule has 34 heavy (non-hydrogen) atoms. The van der Waals surface area contributed by atoms with Gasteiger partial charge in [0.05, 0.1) is 12.7 Å². The van der Waals surface area contributed by atoms with Crippen LogP contribution in [0.1, 0.15) is 21.5 Å². The summed E-state index contributed by atoms with van der Waals surface area (Å²) in [4.78, 5) is 12.5. The van der Waals surface area contributed by atoms with E-state index in [1.54, 1.807) is 25.3 Å². The molecule has 4 aromatic carbocycles. The minimum Gasteiger partial charge on any atom is -0.497 e. The lowest BCUT2D eigenvalue weighted by Crippen LogP contribution is -2.08. The maximum Gasteiger partial charge on any atom is 0.343 e. The summed E-state index contributed by atoms with van der Waals surface area (Å²) in [7, 11) is 1.65. The zero-order valence-corrected chi connectivity index (χ0v) is 18.6. The van der Waals surface area contributed by atoms with Crippen molar-refractivity contribution < 1.29 is 18.7 Å². The first-order valence-corrected chi connectivity index (χ1v) is 10.9. The van der Waals surface area contributed by atoms with E-state index < -0.39 is 0 Å². The Bertz CT molecular complexity index is 1460. The van der Waals surface area contributed by atoms with E-state index in [9.17, 15) is 4.79 Å². The first-order valence-electron chi connectivity index (χ1n) is 10.9. The normalized spacial score (nSPS) is 11.1. The van der Waals surface area contributed by atoms with Crippen LogP contribution >= 0.6 is 0 Å². The highest BCUT2D eigenvalue weighted by Gasteiger charge is 2.09. The first-order chi connectivity index (χ1) is 16.7. The highest BCUT2D eigenvalue weighted by atomic mass is 16.5. The SMILES string of the molecule is COc1ccc2oc(-c3ccc(C=Cc4cccc(C(=O)Oc5ccccc5)c4)cc3)cc2c1. The Hall–Kier alpha value is -4.57. The van der Waals surface area contributed by atoms with E-state index in [4.69, 9.17) is 13.9 Å². The standard InChI is InChI=1S/C30H22O4/c1-32-27-16-17-28-25(19-27)20-29(34-28)23-14-12-21(13-15-23)10-11-22-6-5-7-24(18-22)30(31)33-26-8-3-2-4-9-26/h2-20H,1H3. The topological polar surface area (TPSA) is 48.7 Å². The summed E-state index contributed by atoms with van der Waals surface area (Å²) in [6, 6.07) is 32.3. The van der Waals surface area contributed by atoms with Crippen molar-refractivity contribution in [1.29, 1.82) is 0 Å². The lowest BCUT2D eigenvalue weighted by molar-refractivity contribution is 0.0734. The van der Waals surface area contributed by atoms with Crippen LogP contribution in [-0.2, 0) is 0 Å². The van der Waals surface area contributed by atoms with Crippen molar-refractivity contribution in [3.63, 3.8) is 0 Å². The van der Waals surface area contributed by atoms with Gasteiger partial charge in [0.25, 0.3) is 0 Å². The van der Waals surface area contributed by atoms with Gasteiger partial charge in [-0.2, -0.15) is 0 Å².